The first kappa shape index (κ1) is 14.4. The second-order valence-corrected chi connectivity index (χ2v) is 5.54. The summed E-state index contributed by atoms with van der Waals surface area (Å²) in [5, 5.41) is 1.84. The molecular weight excluding hydrogens is 302 g/mol. The lowest BCUT2D eigenvalue weighted by molar-refractivity contribution is 0.352. The van der Waals surface area contributed by atoms with Crippen LogP contribution in [-0.4, -0.2) is 23.6 Å². The molecule has 3 aromatic rings. The number of benzene rings is 1. The highest BCUT2D eigenvalue weighted by atomic mass is 32.1. The van der Waals surface area contributed by atoms with Gasteiger partial charge in [0.25, 0.3) is 5.56 Å². The molecule has 114 valence electrons. The molecule has 2 heterocycles. The van der Waals surface area contributed by atoms with E-state index in [1.165, 1.54) is 11.3 Å². The highest BCUT2D eigenvalue weighted by Gasteiger charge is 2.16. The number of anilines is 1. The summed E-state index contributed by atoms with van der Waals surface area (Å²) in [5.74, 6) is 1.61. The van der Waals surface area contributed by atoms with E-state index in [4.69, 9.17) is 15.2 Å². The highest BCUT2D eigenvalue weighted by molar-refractivity contribution is 7.15. The van der Waals surface area contributed by atoms with Crippen LogP contribution in [0.1, 0.15) is 11.1 Å². The highest BCUT2D eigenvalue weighted by Crippen LogP contribution is 2.32. The van der Waals surface area contributed by atoms with Crippen LogP contribution in [0.3, 0.4) is 0 Å². The van der Waals surface area contributed by atoms with Gasteiger partial charge in [-0.3, -0.25) is 9.20 Å². The third kappa shape index (κ3) is 2.29. The van der Waals surface area contributed by atoms with Gasteiger partial charge in [-0.25, -0.2) is 0 Å². The number of para-hydroxylation sites is 1. The Kier molecular flexibility index (Phi) is 3.72. The summed E-state index contributed by atoms with van der Waals surface area (Å²) in [5.41, 5.74) is 7.09. The van der Waals surface area contributed by atoms with Gasteiger partial charge in [-0.2, -0.15) is 4.98 Å². The second-order valence-electron chi connectivity index (χ2n) is 4.67. The maximum Gasteiger partial charge on any atom is 0.279 e. The lowest BCUT2D eigenvalue weighted by Crippen LogP contribution is -2.19. The molecule has 2 N–H and O–H groups in total. The van der Waals surface area contributed by atoms with Crippen molar-refractivity contribution >= 4 is 22.1 Å². The Balaban J connectivity index is 2.13. The molecule has 0 atom stereocenters. The number of aromatic nitrogens is 2. The van der Waals surface area contributed by atoms with Gasteiger partial charge < -0.3 is 15.2 Å². The number of hydrogen-bond donors (Lipinski definition) is 1. The van der Waals surface area contributed by atoms with Crippen molar-refractivity contribution in [2.45, 2.75) is 6.42 Å². The van der Waals surface area contributed by atoms with Crippen molar-refractivity contribution in [1.82, 2.24) is 9.38 Å². The first-order valence-corrected chi connectivity index (χ1v) is 7.47. The first-order valence-electron chi connectivity index (χ1n) is 6.59. The van der Waals surface area contributed by atoms with Gasteiger partial charge in [0.15, 0.2) is 16.5 Å². The normalized spacial score (nSPS) is 10.8. The van der Waals surface area contributed by atoms with Gasteiger partial charge in [0, 0.05) is 23.6 Å². The van der Waals surface area contributed by atoms with Crippen molar-refractivity contribution in [3.05, 3.63) is 51.3 Å². The van der Waals surface area contributed by atoms with Gasteiger partial charge in [-0.1, -0.05) is 12.1 Å². The summed E-state index contributed by atoms with van der Waals surface area (Å²) in [4.78, 5) is 16.9. The number of fused-ring (bicyclic) bond motifs is 1. The zero-order chi connectivity index (χ0) is 15.7. The van der Waals surface area contributed by atoms with E-state index in [0.717, 1.165) is 5.56 Å². The molecule has 0 unspecified atom stereocenters. The van der Waals surface area contributed by atoms with Gasteiger partial charge in [-0.05, 0) is 6.07 Å². The molecule has 1 aromatic carbocycles. The molecule has 22 heavy (non-hydrogen) atoms. The molecule has 2 aromatic heterocycles. The molecule has 0 bridgehead atoms. The Morgan fingerprint density at radius 2 is 2.14 bits per heavy atom. The number of ether oxygens (including phenoxy) is 2. The standard InChI is InChI=1S/C15H15N3O3S/c1-20-11-5-3-4-9(12(11)21-2)8-10-13(16)18-6-7-22-15(18)17-14(10)19/h3-7H,8,16H2,1-2H3. The average molecular weight is 317 g/mol. The molecule has 0 aliphatic carbocycles. The number of nitrogens with two attached hydrogens (primary N) is 1. The van der Waals surface area contributed by atoms with E-state index in [1.807, 2.05) is 17.5 Å². The minimum Gasteiger partial charge on any atom is -0.493 e. The summed E-state index contributed by atoms with van der Waals surface area (Å²) in [6.45, 7) is 0. The van der Waals surface area contributed by atoms with Crippen LogP contribution < -0.4 is 20.8 Å². The zero-order valence-corrected chi connectivity index (χ0v) is 13.0. The SMILES string of the molecule is COc1cccc(Cc2c(N)n3ccsc3nc2=O)c1OC. The number of nitrogens with zero attached hydrogens (tertiary/aromatic N) is 2. The summed E-state index contributed by atoms with van der Waals surface area (Å²) in [6.07, 6.45) is 2.13. The van der Waals surface area contributed by atoms with Crippen molar-refractivity contribution in [2.75, 3.05) is 20.0 Å². The minimum atomic E-state index is -0.315. The topological polar surface area (TPSA) is 78.9 Å². The smallest absolute Gasteiger partial charge is 0.279 e. The molecule has 0 aliphatic heterocycles. The van der Waals surface area contributed by atoms with Gasteiger partial charge in [-0.15, -0.1) is 11.3 Å². The third-order valence-electron chi connectivity index (χ3n) is 3.47. The van der Waals surface area contributed by atoms with Crippen molar-refractivity contribution in [3.63, 3.8) is 0 Å². The lowest BCUT2D eigenvalue weighted by Gasteiger charge is -2.13. The number of hydrogen-bond acceptors (Lipinski definition) is 6. The van der Waals surface area contributed by atoms with Crippen LogP contribution in [0.2, 0.25) is 0 Å². The molecule has 0 spiro atoms. The fourth-order valence-corrected chi connectivity index (χ4v) is 3.11. The molecular formula is C15H15N3O3S. The van der Waals surface area contributed by atoms with E-state index >= 15 is 0 Å². The lowest BCUT2D eigenvalue weighted by atomic mass is 10.0. The minimum absolute atomic E-state index is 0.315. The Morgan fingerprint density at radius 1 is 1.32 bits per heavy atom. The van der Waals surface area contributed by atoms with Crippen LogP contribution in [0.4, 0.5) is 5.82 Å². The van der Waals surface area contributed by atoms with Gasteiger partial charge in [0.05, 0.1) is 19.8 Å². The van der Waals surface area contributed by atoms with Crippen LogP contribution in [-0.2, 0) is 6.42 Å². The number of methoxy groups -OCH3 is 2. The van der Waals surface area contributed by atoms with E-state index in [2.05, 4.69) is 4.98 Å². The molecule has 0 radical (unpaired) electrons. The Bertz CT molecular complexity index is 885. The van der Waals surface area contributed by atoms with E-state index < -0.39 is 0 Å². The Labute approximate surface area is 130 Å². The van der Waals surface area contributed by atoms with Crippen molar-refractivity contribution < 1.29 is 9.47 Å². The molecule has 0 saturated heterocycles. The van der Waals surface area contributed by atoms with Crippen LogP contribution in [0.15, 0.2) is 34.6 Å². The van der Waals surface area contributed by atoms with E-state index in [-0.39, 0.29) is 5.56 Å². The van der Waals surface area contributed by atoms with Crippen LogP contribution in [0, 0.1) is 0 Å². The number of rotatable bonds is 4. The van der Waals surface area contributed by atoms with Gasteiger partial charge in [0.1, 0.15) is 5.82 Å². The summed E-state index contributed by atoms with van der Waals surface area (Å²) < 4.78 is 12.4. The van der Waals surface area contributed by atoms with Crippen molar-refractivity contribution in [1.29, 1.82) is 0 Å². The van der Waals surface area contributed by atoms with Gasteiger partial charge >= 0.3 is 0 Å². The largest absolute Gasteiger partial charge is 0.493 e. The molecule has 0 saturated carbocycles. The molecule has 0 aliphatic rings. The van der Waals surface area contributed by atoms with E-state index in [9.17, 15) is 4.79 Å². The second kappa shape index (κ2) is 5.69. The first-order chi connectivity index (χ1) is 10.7. The van der Waals surface area contributed by atoms with Crippen LogP contribution >= 0.6 is 11.3 Å². The summed E-state index contributed by atoms with van der Waals surface area (Å²) in [7, 11) is 3.14. The maximum atomic E-state index is 12.2. The molecule has 6 nitrogen and oxygen atoms in total. The summed E-state index contributed by atoms with van der Waals surface area (Å²) >= 11 is 1.37. The number of thiazole rings is 1. The maximum absolute atomic E-state index is 12.2. The van der Waals surface area contributed by atoms with Crippen molar-refractivity contribution in [3.8, 4) is 11.5 Å². The van der Waals surface area contributed by atoms with E-state index in [0.29, 0.717) is 34.3 Å². The van der Waals surface area contributed by atoms with Crippen LogP contribution in [0.5, 0.6) is 11.5 Å². The van der Waals surface area contributed by atoms with Gasteiger partial charge in [0.2, 0.25) is 0 Å². The quantitative estimate of drug-likeness (QED) is 0.795. The average Bonchev–Trinajstić information content (AvgIpc) is 2.99. The molecule has 0 amide bonds. The molecule has 7 heteroatoms. The summed E-state index contributed by atoms with van der Waals surface area (Å²) in [6, 6.07) is 5.53. The zero-order valence-electron chi connectivity index (χ0n) is 12.2. The molecule has 0 fully saturated rings. The third-order valence-corrected chi connectivity index (χ3v) is 4.22. The Hall–Kier alpha value is -2.54. The Morgan fingerprint density at radius 3 is 2.86 bits per heavy atom. The van der Waals surface area contributed by atoms with Crippen molar-refractivity contribution in [2.24, 2.45) is 0 Å². The van der Waals surface area contributed by atoms with E-state index in [1.54, 1.807) is 30.9 Å². The number of nitrogen functional groups attached to an aromatic ring is 1. The van der Waals surface area contributed by atoms with Crippen LogP contribution in [0.25, 0.3) is 4.96 Å². The fraction of sp³-hybridized carbons (Fsp3) is 0.200. The predicted octanol–water partition coefficient (Wildman–Crippen LogP) is 1.95. The monoisotopic (exact) mass is 317 g/mol. The fourth-order valence-electron chi connectivity index (χ4n) is 2.40. The predicted molar refractivity (Wildman–Crippen MR) is 86.1 cm³/mol. The molecule has 3 rings (SSSR count).